The number of nitrogens with zero attached hydrogens (tertiary/aromatic N) is 5. The van der Waals surface area contributed by atoms with E-state index in [2.05, 4.69) is 31.8 Å². The van der Waals surface area contributed by atoms with Gasteiger partial charge in [-0.3, -0.25) is 14.7 Å². The van der Waals surface area contributed by atoms with Crippen molar-refractivity contribution in [2.24, 2.45) is 16.8 Å². The Labute approximate surface area is 212 Å². The number of carbonyl (C=O) groups is 1. The zero-order chi connectivity index (χ0) is 21.5. The summed E-state index contributed by atoms with van der Waals surface area (Å²) in [6, 6.07) is 0. The van der Waals surface area contributed by atoms with Crippen LogP contribution in [-0.2, 0) is 4.79 Å². The van der Waals surface area contributed by atoms with Crippen molar-refractivity contribution in [2.45, 2.75) is 51.9 Å². The van der Waals surface area contributed by atoms with Crippen LogP contribution in [0.2, 0.25) is 0 Å². The molecule has 4 rings (SSSR count). The second-order valence-electron chi connectivity index (χ2n) is 9.99. The summed E-state index contributed by atoms with van der Waals surface area (Å²) in [5, 5.41) is 3.52. The van der Waals surface area contributed by atoms with Crippen molar-refractivity contribution in [2.75, 3.05) is 78.5 Å². The first-order valence-corrected chi connectivity index (χ1v) is 13.0. The van der Waals surface area contributed by atoms with Crippen LogP contribution in [-0.4, -0.2) is 110 Å². The minimum atomic E-state index is 0. The smallest absolute Gasteiger partial charge is 0.225 e. The monoisotopic (exact) mass is 560 g/mol. The summed E-state index contributed by atoms with van der Waals surface area (Å²) in [6.45, 7) is 14.8. The number of hydrogen-bond donors (Lipinski definition) is 1. The van der Waals surface area contributed by atoms with Crippen LogP contribution in [0.5, 0.6) is 0 Å². The van der Waals surface area contributed by atoms with Crippen LogP contribution in [0.1, 0.15) is 51.9 Å². The fourth-order valence-electron chi connectivity index (χ4n) is 5.51. The van der Waals surface area contributed by atoms with Gasteiger partial charge in [0.1, 0.15) is 0 Å². The molecule has 0 spiro atoms. The van der Waals surface area contributed by atoms with E-state index in [0.717, 1.165) is 83.6 Å². The Morgan fingerprint density at radius 1 is 0.875 bits per heavy atom. The summed E-state index contributed by atoms with van der Waals surface area (Å²) in [7, 11) is 0. The minimum absolute atomic E-state index is 0. The molecular weight excluding hydrogens is 515 g/mol. The molecule has 4 aliphatic rings. The Balaban J connectivity index is 0.00000289. The predicted octanol–water partition coefficient (Wildman–Crippen LogP) is 2.32. The van der Waals surface area contributed by atoms with Crippen LogP contribution < -0.4 is 5.32 Å². The van der Waals surface area contributed by atoms with Gasteiger partial charge in [0, 0.05) is 64.8 Å². The Morgan fingerprint density at radius 3 is 2.28 bits per heavy atom. The summed E-state index contributed by atoms with van der Waals surface area (Å²) < 4.78 is 0. The Bertz CT molecular complexity index is 599. The minimum Gasteiger partial charge on any atom is -0.357 e. The lowest BCUT2D eigenvalue weighted by molar-refractivity contribution is -0.139. The maximum atomic E-state index is 12.4. The molecule has 3 aliphatic heterocycles. The second kappa shape index (κ2) is 13.3. The quantitative estimate of drug-likeness (QED) is 0.295. The zero-order valence-corrected chi connectivity index (χ0v) is 22.5. The molecule has 1 saturated carbocycles. The maximum absolute atomic E-state index is 12.4. The SMILES string of the molecule is CCNC(=NCCN1CCN(C(=O)C2CCC2)CC1)N1CCC(CN2CCCCC2)C1.I. The number of amides is 1. The molecule has 32 heavy (non-hydrogen) atoms. The normalized spacial score (nSPS) is 26.0. The number of guanidine groups is 1. The maximum Gasteiger partial charge on any atom is 0.225 e. The van der Waals surface area contributed by atoms with Crippen molar-refractivity contribution in [1.82, 2.24) is 24.9 Å². The molecule has 3 saturated heterocycles. The summed E-state index contributed by atoms with van der Waals surface area (Å²) >= 11 is 0. The molecule has 7 nitrogen and oxygen atoms in total. The van der Waals surface area contributed by atoms with E-state index in [4.69, 9.17) is 4.99 Å². The molecule has 1 atom stereocenters. The molecule has 0 aromatic rings. The van der Waals surface area contributed by atoms with Crippen molar-refractivity contribution in [3.05, 3.63) is 0 Å². The van der Waals surface area contributed by atoms with Gasteiger partial charge in [-0.2, -0.15) is 0 Å². The summed E-state index contributed by atoms with van der Waals surface area (Å²) in [5.41, 5.74) is 0. The topological polar surface area (TPSA) is 54.4 Å². The highest BCUT2D eigenvalue weighted by Crippen LogP contribution is 2.28. The van der Waals surface area contributed by atoms with Gasteiger partial charge in [-0.05, 0) is 58.0 Å². The summed E-state index contributed by atoms with van der Waals surface area (Å²) in [4.78, 5) is 27.1. The predicted molar refractivity (Wildman–Crippen MR) is 142 cm³/mol. The Morgan fingerprint density at radius 2 is 1.62 bits per heavy atom. The largest absolute Gasteiger partial charge is 0.357 e. The van der Waals surface area contributed by atoms with E-state index < -0.39 is 0 Å². The van der Waals surface area contributed by atoms with Gasteiger partial charge in [0.05, 0.1) is 6.54 Å². The third-order valence-corrected chi connectivity index (χ3v) is 7.70. The molecule has 0 radical (unpaired) electrons. The fraction of sp³-hybridized carbons (Fsp3) is 0.917. The van der Waals surface area contributed by atoms with Crippen LogP contribution in [0, 0.1) is 11.8 Å². The number of carbonyl (C=O) groups excluding carboxylic acids is 1. The van der Waals surface area contributed by atoms with Crippen LogP contribution in [0.4, 0.5) is 0 Å². The van der Waals surface area contributed by atoms with Crippen LogP contribution >= 0.6 is 24.0 Å². The van der Waals surface area contributed by atoms with Crippen LogP contribution in [0.25, 0.3) is 0 Å². The fourth-order valence-corrected chi connectivity index (χ4v) is 5.51. The van der Waals surface area contributed by atoms with E-state index in [0.29, 0.717) is 11.8 Å². The van der Waals surface area contributed by atoms with Crippen molar-refractivity contribution < 1.29 is 4.79 Å². The molecule has 3 heterocycles. The van der Waals surface area contributed by atoms with Crippen molar-refractivity contribution in [3.63, 3.8) is 0 Å². The van der Waals surface area contributed by atoms with Gasteiger partial charge >= 0.3 is 0 Å². The lowest BCUT2D eigenvalue weighted by atomic mass is 9.84. The standard InChI is InChI=1S/C24H44N6O.HI/c1-2-25-24(30-13-9-21(20-30)19-28-11-4-3-5-12-28)26-10-14-27-15-17-29(18-16-27)23(31)22-7-6-8-22;/h21-22H,2-20H2,1H3,(H,25,26);1H. The van der Waals surface area contributed by atoms with Gasteiger partial charge in [0.25, 0.3) is 0 Å². The number of rotatable bonds is 7. The summed E-state index contributed by atoms with van der Waals surface area (Å²) in [5.74, 6) is 2.62. The number of aliphatic imine (C=N–C) groups is 1. The van der Waals surface area contributed by atoms with Crippen LogP contribution in [0.3, 0.4) is 0 Å². The average Bonchev–Trinajstić information content (AvgIpc) is 3.21. The van der Waals surface area contributed by atoms with Gasteiger partial charge in [0.15, 0.2) is 5.96 Å². The molecule has 1 N–H and O–H groups in total. The second-order valence-corrected chi connectivity index (χ2v) is 9.99. The van der Waals surface area contributed by atoms with E-state index in [-0.39, 0.29) is 24.0 Å². The Kier molecular flexibility index (Phi) is 10.8. The van der Waals surface area contributed by atoms with E-state index >= 15 is 0 Å². The first-order chi connectivity index (χ1) is 15.2. The highest BCUT2D eigenvalue weighted by atomic mass is 127. The molecule has 0 bridgehead atoms. The van der Waals surface area contributed by atoms with Gasteiger partial charge in [-0.25, -0.2) is 0 Å². The van der Waals surface area contributed by atoms with E-state index in [1.54, 1.807) is 0 Å². The molecule has 0 aromatic carbocycles. The lowest BCUT2D eigenvalue weighted by Crippen LogP contribution is -2.51. The van der Waals surface area contributed by atoms with E-state index in [9.17, 15) is 4.79 Å². The molecule has 184 valence electrons. The highest BCUT2D eigenvalue weighted by molar-refractivity contribution is 14.0. The number of piperidine rings is 1. The molecule has 4 fully saturated rings. The molecule has 0 aromatic heterocycles. The first kappa shape index (κ1) is 26.0. The van der Waals surface area contributed by atoms with Crippen molar-refractivity contribution in [1.29, 1.82) is 0 Å². The number of hydrogen-bond acceptors (Lipinski definition) is 4. The van der Waals surface area contributed by atoms with Crippen molar-refractivity contribution >= 4 is 35.8 Å². The average molecular weight is 561 g/mol. The number of nitrogens with one attached hydrogen (secondary N) is 1. The molecule has 1 amide bonds. The van der Waals surface area contributed by atoms with E-state index in [1.807, 2.05) is 0 Å². The number of piperazine rings is 1. The van der Waals surface area contributed by atoms with Gasteiger partial charge in [0.2, 0.25) is 5.91 Å². The van der Waals surface area contributed by atoms with E-state index in [1.165, 1.54) is 51.7 Å². The molecule has 1 aliphatic carbocycles. The Hall–Kier alpha value is -0.610. The lowest BCUT2D eigenvalue weighted by Gasteiger charge is -2.38. The third kappa shape index (κ3) is 7.19. The molecule has 1 unspecified atom stereocenters. The van der Waals surface area contributed by atoms with Gasteiger partial charge < -0.3 is 20.0 Å². The number of likely N-dealkylation sites (tertiary alicyclic amines) is 2. The van der Waals surface area contributed by atoms with Gasteiger partial charge in [-0.1, -0.05) is 12.8 Å². The first-order valence-electron chi connectivity index (χ1n) is 13.0. The zero-order valence-electron chi connectivity index (χ0n) is 20.1. The highest BCUT2D eigenvalue weighted by Gasteiger charge is 2.31. The van der Waals surface area contributed by atoms with Gasteiger partial charge in [-0.15, -0.1) is 24.0 Å². The third-order valence-electron chi connectivity index (χ3n) is 7.70. The van der Waals surface area contributed by atoms with Crippen LogP contribution in [0.15, 0.2) is 4.99 Å². The summed E-state index contributed by atoms with van der Waals surface area (Å²) in [6.07, 6.45) is 8.91. The number of halogens is 1. The van der Waals surface area contributed by atoms with Crippen molar-refractivity contribution in [3.8, 4) is 0 Å². The molecular formula is C24H45IN6O. The molecule has 8 heteroatoms.